The summed E-state index contributed by atoms with van der Waals surface area (Å²) in [4.78, 5) is 6.62. The van der Waals surface area contributed by atoms with Gasteiger partial charge in [-0.2, -0.15) is 0 Å². The van der Waals surface area contributed by atoms with Crippen molar-refractivity contribution in [1.82, 2.24) is 10.2 Å². The Bertz CT molecular complexity index is 769. The summed E-state index contributed by atoms with van der Waals surface area (Å²) in [5.41, 5.74) is 0.936. The third kappa shape index (κ3) is 7.44. The third-order valence-electron chi connectivity index (χ3n) is 4.38. The van der Waals surface area contributed by atoms with E-state index in [9.17, 15) is 12.8 Å². The smallest absolute Gasteiger partial charge is 0.234 e. The molecule has 27 heavy (non-hydrogen) atoms. The predicted molar refractivity (Wildman–Crippen MR) is 120 cm³/mol. The number of benzene rings is 1. The van der Waals surface area contributed by atoms with E-state index in [1.165, 1.54) is 6.07 Å². The van der Waals surface area contributed by atoms with Crippen LogP contribution < -0.4 is 10.0 Å². The van der Waals surface area contributed by atoms with Crippen molar-refractivity contribution in [1.29, 1.82) is 0 Å². The molecule has 2 N–H and O–H groups in total. The van der Waals surface area contributed by atoms with Gasteiger partial charge >= 0.3 is 0 Å². The van der Waals surface area contributed by atoms with Crippen LogP contribution in [0.4, 0.5) is 10.1 Å². The van der Waals surface area contributed by atoms with Crippen LogP contribution in [0.25, 0.3) is 0 Å². The van der Waals surface area contributed by atoms with E-state index < -0.39 is 15.8 Å². The number of sulfonamides is 1. The van der Waals surface area contributed by atoms with E-state index in [1.807, 2.05) is 6.92 Å². The molecule has 0 unspecified atom stereocenters. The van der Waals surface area contributed by atoms with Crippen molar-refractivity contribution in [2.24, 2.45) is 10.4 Å². The summed E-state index contributed by atoms with van der Waals surface area (Å²) in [6.07, 6.45) is 1.08. The normalized spacial score (nSPS) is 16.8. The molecular formula is C18H30FIN4O2S. The lowest BCUT2D eigenvalue weighted by molar-refractivity contribution is 0.370. The van der Waals surface area contributed by atoms with E-state index in [2.05, 4.69) is 33.8 Å². The monoisotopic (exact) mass is 512 g/mol. The highest BCUT2D eigenvalue weighted by molar-refractivity contribution is 14.0. The van der Waals surface area contributed by atoms with Crippen LogP contribution in [0.15, 0.2) is 23.2 Å². The molecule has 1 aromatic carbocycles. The van der Waals surface area contributed by atoms with Gasteiger partial charge in [-0.15, -0.1) is 24.0 Å². The molecule has 1 aromatic rings. The summed E-state index contributed by atoms with van der Waals surface area (Å²) in [5.74, 6) is 0.151. The molecule has 1 heterocycles. The van der Waals surface area contributed by atoms with Gasteiger partial charge in [0.2, 0.25) is 10.0 Å². The van der Waals surface area contributed by atoms with E-state index >= 15 is 0 Å². The van der Waals surface area contributed by atoms with Crippen molar-refractivity contribution in [3.63, 3.8) is 0 Å². The number of likely N-dealkylation sites (tertiary alicyclic amines) is 1. The van der Waals surface area contributed by atoms with Gasteiger partial charge in [-0.3, -0.25) is 9.71 Å². The van der Waals surface area contributed by atoms with Gasteiger partial charge in [0, 0.05) is 19.6 Å². The molecule has 0 amide bonds. The number of nitrogens with zero attached hydrogens (tertiary/aromatic N) is 2. The van der Waals surface area contributed by atoms with Gasteiger partial charge in [0.05, 0.1) is 18.0 Å². The average molecular weight is 512 g/mol. The van der Waals surface area contributed by atoms with Gasteiger partial charge in [-0.05, 0) is 43.4 Å². The number of aliphatic imine (C=N–C) groups is 1. The van der Waals surface area contributed by atoms with E-state index in [1.54, 1.807) is 19.1 Å². The van der Waals surface area contributed by atoms with Crippen LogP contribution in [0.3, 0.4) is 0 Å². The maximum Gasteiger partial charge on any atom is 0.234 e. The minimum Gasteiger partial charge on any atom is -0.357 e. The van der Waals surface area contributed by atoms with Crippen molar-refractivity contribution >= 4 is 45.6 Å². The quantitative estimate of drug-likeness (QED) is 0.349. The highest BCUT2D eigenvalue weighted by Crippen LogP contribution is 2.28. The third-order valence-corrected chi connectivity index (χ3v) is 5.65. The van der Waals surface area contributed by atoms with Gasteiger partial charge in [-0.25, -0.2) is 12.8 Å². The van der Waals surface area contributed by atoms with Crippen LogP contribution in [0.2, 0.25) is 0 Å². The number of hydrogen-bond acceptors (Lipinski definition) is 3. The molecular weight excluding hydrogens is 482 g/mol. The van der Waals surface area contributed by atoms with Crippen molar-refractivity contribution in [2.45, 2.75) is 34.1 Å². The Morgan fingerprint density at radius 2 is 2.07 bits per heavy atom. The largest absolute Gasteiger partial charge is 0.357 e. The predicted octanol–water partition coefficient (Wildman–Crippen LogP) is 3.19. The molecule has 0 saturated carbocycles. The average Bonchev–Trinajstić information content (AvgIpc) is 2.90. The molecule has 1 aliphatic heterocycles. The first kappa shape index (κ1) is 23.9. The minimum absolute atomic E-state index is 0. The Labute approximate surface area is 179 Å². The highest BCUT2D eigenvalue weighted by atomic mass is 127. The van der Waals surface area contributed by atoms with Crippen LogP contribution in [-0.2, 0) is 10.0 Å². The molecule has 0 aliphatic carbocycles. The van der Waals surface area contributed by atoms with Gasteiger partial charge in [0.15, 0.2) is 5.96 Å². The summed E-state index contributed by atoms with van der Waals surface area (Å²) in [6, 6.07) is 4.28. The first-order valence-corrected chi connectivity index (χ1v) is 10.6. The zero-order valence-electron chi connectivity index (χ0n) is 16.4. The van der Waals surface area contributed by atoms with E-state index in [4.69, 9.17) is 0 Å². The Morgan fingerprint density at radius 1 is 1.37 bits per heavy atom. The summed E-state index contributed by atoms with van der Waals surface area (Å²) in [6.45, 7) is 10.7. The minimum atomic E-state index is -3.59. The van der Waals surface area contributed by atoms with E-state index in [0.717, 1.165) is 32.0 Å². The Kier molecular flexibility index (Phi) is 8.78. The van der Waals surface area contributed by atoms with Crippen LogP contribution >= 0.6 is 24.0 Å². The van der Waals surface area contributed by atoms with Crippen molar-refractivity contribution in [2.75, 3.05) is 36.7 Å². The standard InChI is InChI=1S/C18H29FN4O2S.HI/c1-5-20-17(23-10-8-18(3,4)13-23)21-9-11-26(24,25)22-15-7-6-14(2)16(19)12-15;/h6-7,12,22H,5,8-11,13H2,1-4H3,(H,20,21);1H. The molecule has 1 saturated heterocycles. The van der Waals surface area contributed by atoms with Gasteiger partial charge in [0.1, 0.15) is 5.82 Å². The lowest BCUT2D eigenvalue weighted by Gasteiger charge is -2.23. The fourth-order valence-electron chi connectivity index (χ4n) is 2.88. The highest BCUT2D eigenvalue weighted by Gasteiger charge is 2.30. The molecule has 0 aromatic heterocycles. The molecule has 1 aliphatic rings. The van der Waals surface area contributed by atoms with Crippen LogP contribution in [-0.4, -0.2) is 51.2 Å². The molecule has 6 nitrogen and oxygen atoms in total. The molecule has 0 spiro atoms. The molecule has 0 bridgehead atoms. The number of rotatable bonds is 6. The second-order valence-electron chi connectivity index (χ2n) is 7.46. The molecule has 154 valence electrons. The van der Waals surface area contributed by atoms with Crippen molar-refractivity contribution in [3.05, 3.63) is 29.6 Å². The van der Waals surface area contributed by atoms with Crippen molar-refractivity contribution in [3.8, 4) is 0 Å². The topological polar surface area (TPSA) is 73.8 Å². The van der Waals surface area contributed by atoms with Crippen LogP contribution in [0, 0.1) is 18.2 Å². The first-order valence-electron chi connectivity index (χ1n) is 8.92. The fraction of sp³-hybridized carbons (Fsp3) is 0.611. The van der Waals surface area contributed by atoms with Gasteiger partial charge < -0.3 is 10.2 Å². The number of nitrogens with one attached hydrogen (secondary N) is 2. The zero-order chi connectivity index (χ0) is 19.4. The Morgan fingerprint density at radius 3 is 2.63 bits per heavy atom. The lowest BCUT2D eigenvalue weighted by atomic mass is 9.93. The summed E-state index contributed by atoms with van der Waals surface area (Å²) < 4.78 is 40.4. The van der Waals surface area contributed by atoms with Gasteiger partial charge in [0.25, 0.3) is 0 Å². The molecule has 0 atom stereocenters. The van der Waals surface area contributed by atoms with Gasteiger partial charge in [-0.1, -0.05) is 19.9 Å². The number of hydrogen-bond donors (Lipinski definition) is 2. The number of guanidine groups is 1. The summed E-state index contributed by atoms with van der Waals surface area (Å²) in [7, 11) is -3.59. The second kappa shape index (κ2) is 9.90. The second-order valence-corrected chi connectivity index (χ2v) is 9.30. The number of aryl methyl sites for hydroxylation is 1. The maximum atomic E-state index is 13.6. The zero-order valence-corrected chi connectivity index (χ0v) is 19.5. The van der Waals surface area contributed by atoms with Crippen LogP contribution in [0.1, 0.15) is 32.8 Å². The molecule has 1 fully saturated rings. The summed E-state index contributed by atoms with van der Waals surface area (Å²) >= 11 is 0. The maximum absolute atomic E-state index is 13.6. The number of anilines is 1. The number of halogens is 2. The Balaban J connectivity index is 0.00000364. The first-order chi connectivity index (χ1) is 12.1. The van der Waals surface area contributed by atoms with E-state index in [0.29, 0.717) is 5.56 Å². The molecule has 9 heteroatoms. The molecule has 0 radical (unpaired) electrons. The summed E-state index contributed by atoms with van der Waals surface area (Å²) in [5, 5.41) is 3.22. The fourth-order valence-corrected chi connectivity index (χ4v) is 3.80. The van der Waals surface area contributed by atoms with E-state index in [-0.39, 0.29) is 47.4 Å². The lowest BCUT2D eigenvalue weighted by Crippen LogP contribution is -2.41. The Hall–Kier alpha value is -1.10. The SMILES string of the molecule is CCNC(=NCCS(=O)(=O)Nc1ccc(C)c(F)c1)N1CCC(C)(C)C1.I. The molecule has 2 rings (SSSR count). The van der Waals surface area contributed by atoms with Crippen LogP contribution in [0.5, 0.6) is 0 Å². The van der Waals surface area contributed by atoms with Crippen molar-refractivity contribution < 1.29 is 12.8 Å².